The molecule has 10 heavy (non-hydrogen) atoms. The van der Waals surface area contributed by atoms with Crippen molar-refractivity contribution in [3.63, 3.8) is 0 Å². The highest BCUT2D eigenvalue weighted by molar-refractivity contribution is 5.85. The molecule has 0 aliphatic heterocycles. The van der Waals surface area contributed by atoms with Gasteiger partial charge in [0.05, 0.1) is 0 Å². The van der Waals surface area contributed by atoms with E-state index in [-0.39, 0.29) is 17.1 Å². The lowest BCUT2D eigenvalue weighted by molar-refractivity contribution is 0.451. The van der Waals surface area contributed by atoms with Gasteiger partial charge < -0.3 is 19.6 Å². The number of H-pyrrole nitrogens is 1. The monoisotopic (exact) mass is 139 g/mol. The number of aromatic nitrogens is 1. The van der Waals surface area contributed by atoms with Crippen LogP contribution in [0, 0.1) is 0 Å². The molecular weight excluding hydrogens is 134 g/mol. The summed E-state index contributed by atoms with van der Waals surface area (Å²) >= 11 is 0. The van der Waals surface area contributed by atoms with Gasteiger partial charge in [-0.1, -0.05) is 0 Å². The smallest absolute Gasteiger partial charge is 0.197 e. The van der Waals surface area contributed by atoms with Crippen molar-refractivity contribution in [3.05, 3.63) is 12.5 Å². The quantitative estimate of drug-likeness (QED) is 0.513. The zero-order chi connectivity index (χ0) is 7.14. The molecule has 2 aromatic rings. The van der Waals surface area contributed by atoms with Gasteiger partial charge in [0.25, 0.3) is 0 Å². The van der Waals surface area contributed by atoms with Crippen molar-refractivity contribution in [3.8, 4) is 11.5 Å². The minimum atomic E-state index is 0.00954. The first kappa shape index (κ1) is 5.22. The Morgan fingerprint density at radius 2 is 2.10 bits per heavy atom. The number of nitrogens with one attached hydrogen (secondary N) is 1. The maximum Gasteiger partial charge on any atom is 0.197 e. The third-order valence-corrected chi connectivity index (χ3v) is 1.36. The fourth-order valence-electron chi connectivity index (χ4n) is 0.883. The maximum atomic E-state index is 8.99. The van der Waals surface area contributed by atoms with E-state index >= 15 is 0 Å². The average Bonchev–Trinajstić information content (AvgIpc) is 2.41. The van der Waals surface area contributed by atoms with Crippen molar-refractivity contribution < 1.29 is 14.6 Å². The van der Waals surface area contributed by atoms with Crippen LogP contribution in [-0.2, 0) is 0 Å². The Morgan fingerprint density at radius 1 is 1.30 bits per heavy atom. The van der Waals surface area contributed by atoms with E-state index in [0.29, 0.717) is 5.52 Å². The normalized spacial score (nSPS) is 10.8. The Kier molecular flexibility index (Phi) is 0.768. The van der Waals surface area contributed by atoms with Gasteiger partial charge in [-0.05, 0) is 0 Å². The van der Waals surface area contributed by atoms with Crippen LogP contribution in [0.3, 0.4) is 0 Å². The van der Waals surface area contributed by atoms with Crippen LogP contribution in [0.1, 0.15) is 0 Å². The van der Waals surface area contributed by atoms with Crippen LogP contribution in [0.4, 0.5) is 0 Å². The molecular formula is C6H5NO3. The molecule has 2 heterocycles. The lowest BCUT2D eigenvalue weighted by Crippen LogP contribution is -1.56. The van der Waals surface area contributed by atoms with Gasteiger partial charge in [0, 0.05) is 6.20 Å². The summed E-state index contributed by atoms with van der Waals surface area (Å²) in [7, 11) is 0. The molecule has 4 nitrogen and oxygen atoms in total. The minimum absolute atomic E-state index is 0.00954. The second kappa shape index (κ2) is 1.47. The zero-order valence-corrected chi connectivity index (χ0v) is 4.96. The van der Waals surface area contributed by atoms with Crippen LogP contribution in [0.2, 0.25) is 0 Å². The van der Waals surface area contributed by atoms with Gasteiger partial charge in [0.15, 0.2) is 17.1 Å². The summed E-state index contributed by atoms with van der Waals surface area (Å²) < 4.78 is 4.79. The van der Waals surface area contributed by atoms with Crippen LogP contribution in [-0.4, -0.2) is 15.2 Å². The first-order chi connectivity index (χ1) is 4.79. The van der Waals surface area contributed by atoms with Crippen molar-refractivity contribution in [1.29, 1.82) is 0 Å². The third kappa shape index (κ3) is 0.452. The molecule has 0 amide bonds. The molecule has 2 aromatic heterocycles. The van der Waals surface area contributed by atoms with Gasteiger partial charge in [-0.25, -0.2) is 0 Å². The fraction of sp³-hybridized carbons (Fsp3) is 0. The van der Waals surface area contributed by atoms with Gasteiger partial charge in [0.1, 0.15) is 11.8 Å². The minimum Gasteiger partial charge on any atom is -0.503 e. The Labute approximate surface area is 55.7 Å². The summed E-state index contributed by atoms with van der Waals surface area (Å²) in [6, 6.07) is 0. The summed E-state index contributed by atoms with van der Waals surface area (Å²) in [5, 5.41) is 18.0. The molecule has 0 spiro atoms. The van der Waals surface area contributed by atoms with Crippen molar-refractivity contribution in [1.82, 2.24) is 4.98 Å². The standard InChI is InChI=1S/C6H5NO3/c8-3-1-7-5-4(9)2-10-6(3)5/h1-2,7-9H. The Hall–Kier alpha value is -1.58. The number of rotatable bonds is 0. The van der Waals surface area contributed by atoms with E-state index in [2.05, 4.69) is 4.98 Å². The number of furan rings is 1. The number of aromatic amines is 1. The topological polar surface area (TPSA) is 69.4 Å². The lowest BCUT2D eigenvalue weighted by atomic mass is 10.4. The van der Waals surface area contributed by atoms with E-state index in [1.807, 2.05) is 0 Å². The molecule has 0 unspecified atom stereocenters. The largest absolute Gasteiger partial charge is 0.503 e. The summed E-state index contributed by atoms with van der Waals surface area (Å²) in [6.45, 7) is 0. The number of fused-ring (bicyclic) bond motifs is 1. The van der Waals surface area contributed by atoms with E-state index in [9.17, 15) is 0 Å². The molecule has 0 aliphatic carbocycles. The second-order valence-corrected chi connectivity index (χ2v) is 2.00. The Balaban J connectivity index is 2.95. The van der Waals surface area contributed by atoms with E-state index in [4.69, 9.17) is 14.6 Å². The van der Waals surface area contributed by atoms with Crippen LogP contribution in [0.15, 0.2) is 16.9 Å². The second-order valence-electron chi connectivity index (χ2n) is 2.00. The molecule has 0 fully saturated rings. The number of hydrogen-bond donors (Lipinski definition) is 3. The highest BCUT2D eigenvalue weighted by Gasteiger charge is 2.09. The molecule has 0 radical (unpaired) electrons. The van der Waals surface area contributed by atoms with E-state index in [1.165, 1.54) is 12.5 Å². The van der Waals surface area contributed by atoms with Crippen molar-refractivity contribution in [2.75, 3.05) is 0 Å². The predicted molar refractivity (Wildman–Crippen MR) is 33.9 cm³/mol. The van der Waals surface area contributed by atoms with Gasteiger partial charge in [-0.3, -0.25) is 0 Å². The number of aromatic hydroxyl groups is 2. The predicted octanol–water partition coefficient (Wildman–Crippen LogP) is 1.17. The highest BCUT2D eigenvalue weighted by Crippen LogP contribution is 2.31. The molecule has 0 atom stereocenters. The maximum absolute atomic E-state index is 8.99. The molecule has 0 saturated carbocycles. The van der Waals surface area contributed by atoms with Crippen LogP contribution in [0.25, 0.3) is 11.1 Å². The summed E-state index contributed by atoms with van der Waals surface area (Å²) in [4.78, 5) is 2.64. The molecule has 0 aliphatic rings. The third-order valence-electron chi connectivity index (χ3n) is 1.36. The summed E-state index contributed by atoms with van der Waals surface area (Å²) in [5.74, 6) is 0.0191. The van der Waals surface area contributed by atoms with Gasteiger partial charge in [-0.2, -0.15) is 0 Å². The highest BCUT2D eigenvalue weighted by atomic mass is 16.4. The van der Waals surface area contributed by atoms with Crippen LogP contribution < -0.4 is 0 Å². The number of hydrogen-bond acceptors (Lipinski definition) is 3. The molecule has 3 N–H and O–H groups in total. The van der Waals surface area contributed by atoms with Crippen LogP contribution >= 0.6 is 0 Å². The molecule has 52 valence electrons. The van der Waals surface area contributed by atoms with Crippen molar-refractivity contribution >= 4 is 11.1 Å². The molecule has 0 saturated heterocycles. The van der Waals surface area contributed by atoms with E-state index in [1.54, 1.807) is 0 Å². The first-order valence-corrected chi connectivity index (χ1v) is 2.75. The summed E-state index contributed by atoms with van der Waals surface area (Å²) in [5.41, 5.74) is 0.718. The Bertz CT molecular complexity index is 324. The SMILES string of the molecule is Oc1coc2c(O)c[nH]c12. The molecule has 2 rings (SSSR count). The zero-order valence-electron chi connectivity index (χ0n) is 4.96. The van der Waals surface area contributed by atoms with Gasteiger partial charge in [-0.15, -0.1) is 0 Å². The average molecular weight is 139 g/mol. The molecule has 4 heteroatoms. The lowest BCUT2D eigenvalue weighted by Gasteiger charge is -1.75. The van der Waals surface area contributed by atoms with E-state index in [0.717, 1.165) is 0 Å². The Morgan fingerprint density at radius 3 is 2.80 bits per heavy atom. The van der Waals surface area contributed by atoms with Gasteiger partial charge in [0.2, 0.25) is 0 Å². The fourth-order valence-corrected chi connectivity index (χ4v) is 0.883. The van der Waals surface area contributed by atoms with Crippen molar-refractivity contribution in [2.45, 2.75) is 0 Å². The van der Waals surface area contributed by atoms with Crippen molar-refractivity contribution in [2.24, 2.45) is 0 Å². The van der Waals surface area contributed by atoms with E-state index < -0.39 is 0 Å². The first-order valence-electron chi connectivity index (χ1n) is 2.75. The van der Waals surface area contributed by atoms with Gasteiger partial charge >= 0.3 is 0 Å². The molecule has 0 bridgehead atoms. The summed E-state index contributed by atoms with van der Waals surface area (Å²) in [6.07, 6.45) is 2.52. The van der Waals surface area contributed by atoms with Crippen LogP contribution in [0.5, 0.6) is 11.5 Å². The molecule has 0 aromatic carbocycles.